The van der Waals surface area contributed by atoms with E-state index < -0.39 is 19.9 Å². The largest absolute Gasteiger partial charge is 0.398 e. The van der Waals surface area contributed by atoms with Gasteiger partial charge in [0.1, 0.15) is 4.90 Å². The number of hydrogen-bond acceptors (Lipinski definition) is 6. The van der Waals surface area contributed by atoms with E-state index in [0.29, 0.717) is 5.69 Å². The molecular weight excluding hydrogens is 302 g/mol. The fourth-order valence-corrected chi connectivity index (χ4v) is 3.94. The smallest absolute Gasteiger partial charge is 0.242 e. The minimum absolute atomic E-state index is 0.0138. The van der Waals surface area contributed by atoms with Crippen LogP contribution in [0.25, 0.3) is 0 Å². The van der Waals surface area contributed by atoms with Gasteiger partial charge in [-0.05, 0) is 25.2 Å². The molecule has 1 atom stereocenters. The van der Waals surface area contributed by atoms with Gasteiger partial charge < -0.3 is 11.1 Å². The van der Waals surface area contributed by atoms with Gasteiger partial charge in [-0.2, -0.15) is 0 Å². The van der Waals surface area contributed by atoms with Gasteiger partial charge in [0.15, 0.2) is 9.84 Å². The molecule has 0 radical (unpaired) electrons. The zero-order valence-corrected chi connectivity index (χ0v) is 12.3. The van der Waals surface area contributed by atoms with Crippen molar-refractivity contribution in [2.24, 2.45) is 0 Å². The van der Waals surface area contributed by atoms with Gasteiger partial charge in [-0.3, -0.25) is 0 Å². The molecular formula is C11H15N3O4S2. The van der Waals surface area contributed by atoms with Crippen LogP contribution in [0.1, 0.15) is 0 Å². The highest BCUT2D eigenvalue weighted by molar-refractivity contribution is 7.94. The third-order valence-electron chi connectivity index (χ3n) is 2.85. The van der Waals surface area contributed by atoms with Crippen LogP contribution in [-0.2, 0) is 19.9 Å². The minimum atomic E-state index is -3.60. The van der Waals surface area contributed by atoms with E-state index in [1.807, 2.05) is 0 Å². The number of sulfonamides is 1. The minimum Gasteiger partial charge on any atom is -0.398 e. The first-order valence-corrected chi connectivity index (χ1v) is 8.94. The van der Waals surface area contributed by atoms with Gasteiger partial charge in [0.2, 0.25) is 10.0 Å². The molecule has 0 amide bonds. The number of anilines is 2. The average molecular weight is 317 g/mol. The van der Waals surface area contributed by atoms with Crippen molar-refractivity contribution in [3.63, 3.8) is 0 Å². The van der Waals surface area contributed by atoms with Crippen molar-refractivity contribution in [2.75, 3.05) is 23.9 Å². The van der Waals surface area contributed by atoms with Crippen LogP contribution in [-0.4, -0.2) is 35.7 Å². The first kappa shape index (κ1) is 14.8. The summed E-state index contributed by atoms with van der Waals surface area (Å²) in [4.78, 5) is -0.0138. The Bertz CT molecular complexity index is 754. The molecule has 1 unspecified atom stereocenters. The van der Waals surface area contributed by atoms with Crippen LogP contribution >= 0.6 is 0 Å². The van der Waals surface area contributed by atoms with Gasteiger partial charge in [0.05, 0.1) is 17.5 Å². The quantitative estimate of drug-likeness (QED) is 0.667. The third-order valence-corrected chi connectivity index (χ3v) is 5.73. The van der Waals surface area contributed by atoms with Crippen LogP contribution in [0.3, 0.4) is 0 Å². The molecule has 110 valence electrons. The fraction of sp³-hybridized carbons (Fsp3) is 0.273. The molecule has 2 rings (SSSR count). The van der Waals surface area contributed by atoms with Gasteiger partial charge in [0, 0.05) is 11.1 Å². The highest BCUT2D eigenvalue weighted by Gasteiger charge is 2.22. The highest BCUT2D eigenvalue weighted by Crippen LogP contribution is 2.23. The number of nitrogens with one attached hydrogen (secondary N) is 2. The maximum atomic E-state index is 11.7. The normalized spacial score (nSPS) is 20.9. The Morgan fingerprint density at radius 2 is 2.05 bits per heavy atom. The number of sulfone groups is 1. The lowest BCUT2D eigenvalue weighted by Crippen LogP contribution is -2.22. The number of benzene rings is 1. The van der Waals surface area contributed by atoms with Crippen LogP contribution in [0, 0.1) is 0 Å². The van der Waals surface area contributed by atoms with Crippen molar-refractivity contribution in [3.05, 3.63) is 29.7 Å². The van der Waals surface area contributed by atoms with Crippen LogP contribution < -0.4 is 15.8 Å². The van der Waals surface area contributed by atoms with Gasteiger partial charge in [-0.1, -0.05) is 6.08 Å². The van der Waals surface area contributed by atoms with Crippen molar-refractivity contribution < 1.29 is 16.8 Å². The number of hydrogen-bond donors (Lipinski definition) is 3. The summed E-state index contributed by atoms with van der Waals surface area (Å²) >= 11 is 0. The Morgan fingerprint density at radius 3 is 2.55 bits per heavy atom. The van der Waals surface area contributed by atoms with Crippen molar-refractivity contribution in [1.29, 1.82) is 0 Å². The molecule has 1 heterocycles. The van der Waals surface area contributed by atoms with Crippen molar-refractivity contribution >= 4 is 31.2 Å². The summed E-state index contributed by atoms with van der Waals surface area (Å²) in [6, 6.07) is 4.03. The second-order valence-electron chi connectivity index (χ2n) is 4.37. The first-order chi connectivity index (χ1) is 9.23. The second kappa shape index (κ2) is 5.08. The molecule has 4 N–H and O–H groups in total. The van der Waals surface area contributed by atoms with Gasteiger partial charge in [-0.25, -0.2) is 21.6 Å². The van der Waals surface area contributed by atoms with E-state index in [-0.39, 0.29) is 22.4 Å². The van der Waals surface area contributed by atoms with E-state index in [1.54, 1.807) is 12.1 Å². The zero-order chi connectivity index (χ0) is 15.0. The van der Waals surface area contributed by atoms with Crippen LogP contribution in [0.15, 0.2) is 34.6 Å². The monoisotopic (exact) mass is 317 g/mol. The molecule has 7 nitrogen and oxygen atoms in total. The summed E-state index contributed by atoms with van der Waals surface area (Å²) < 4.78 is 48.1. The van der Waals surface area contributed by atoms with Gasteiger partial charge in [-0.15, -0.1) is 0 Å². The Hall–Kier alpha value is -1.58. The van der Waals surface area contributed by atoms with E-state index in [4.69, 9.17) is 5.73 Å². The summed E-state index contributed by atoms with van der Waals surface area (Å²) in [6.45, 7) is 0. The Balaban J connectivity index is 2.21. The molecule has 20 heavy (non-hydrogen) atoms. The molecule has 0 aliphatic carbocycles. The molecule has 0 aromatic heterocycles. The molecule has 0 fully saturated rings. The highest BCUT2D eigenvalue weighted by atomic mass is 32.2. The fourth-order valence-electron chi connectivity index (χ4n) is 1.87. The molecule has 1 aliphatic heterocycles. The summed E-state index contributed by atoms with van der Waals surface area (Å²) in [7, 11) is -5.44. The topological polar surface area (TPSA) is 118 Å². The second-order valence-corrected chi connectivity index (χ2v) is 8.16. The predicted octanol–water partition coefficient (Wildman–Crippen LogP) is -0.100. The van der Waals surface area contributed by atoms with Crippen LogP contribution in [0.4, 0.5) is 11.4 Å². The van der Waals surface area contributed by atoms with Crippen molar-refractivity contribution in [3.8, 4) is 0 Å². The molecule has 0 saturated carbocycles. The number of nitrogens with two attached hydrogens (primary N) is 1. The first-order valence-electron chi connectivity index (χ1n) is 5.74. The Kier molecular flexibility index (Phi) is 3.76. The lowest BCUT2D eigenvalue weighted by molar-refractivity contribution is 0.588. The van der Waals surface area contributed by atoms with E-state index in [9.17, 15) is 16.8 Å². The van der Waals surface area contributed by atoms with Crippen molar-refractivity contribution in [1.82, 2.24) is 4.72 Å². The lowest BCUT2D eigenvalue weighted by Gasteiger charge is -2.13. The van der Waals surface area contributed by atoms with Crippen LogP contribution in [0.2, 0.25) is 0 Å². The summed E-state index contributed by atoms with van der Waals surface area (Å²) in [5, 5.41) is 4.13. The molecule has 0 bridgehead atoms. The van der Waals surface area contributed by atoms with E-state index in [0.717, 1.165) is 5.41 Å². The average Bonchev–Trinajstić information content (AvgIpc) is 2.68. The Morgan fingerprint density at radius 1 is 1.35 bits per heavy atom. The summed E-state index contributed by atoms with van der Waals surface area (Å²) in [5.74, 6) is -0.0243. The maximum absolute atomic E-state index is 11.7. The molecule has 1 aliphatic rings. The van der Waals surface area contributed by atoms with Crippen molar-refractivity contribution in [2.45, 2.75) is 10.9 Å². The van der Waals surface area contributed by atoms with E-state index >= 15 is 0 Å². The Labute approximate surface area is 117 Å². The SMILES string of the molecule is CNS(=O)(=O)c1ccc(NC2C=CS(=O)(=O)C2)cc1N. The van der Waals surface area contributed by atoms with Crippen LogP contribution in [0.5, 0.6) is 0 Å². The molecule has 1 aromatic rings. The number of rotatable bonds is 4. The van der Waals surface area contributed by atoms with E-state index in [1.165, 1.54) is 19.2 Å². The standard InChI is InChI=1S/C11H15N3O4S2/c1-13-20(17,18)11-3-2-8(6-10(11)12)14-9-4-5-19(15,16)7-9/h2-6,9,13-14H,7,12H2,1H3. The lowest BCUT2D eigenvalue weighted by atomic mass is 10.2. The van der Waals surface area contributed by atoms with E-state index in [2.05, 4.69) is 10.0 Å². The third kappa shape index (κ3) is 3.11. The maximum Gasteiger partial charge on any atom is 0.242 e. The summed E-state index contributed by atoms with van der Waals surface area (Å²) in [5.41, 5.74) is 6.37. The molecule has 9 heteroatoms. The molecule has 1 aromatic carbocycles. The zero-order valence-electron chi connectivity index (χ0n) is 10.7. The summed E-state index contributed by atoms with van der Waals surface area (Å²) in [6.07, 6.45) is 1.55. The van der Waals surface area contributed by atoms with Gasteiger partial charge >= 0.3 is 0 Å². The molecule has 0 spiro atoms. The van der Waals surface area contributed by atoms with Gasteiger partial charge in [0.25, 0.3) is 0 Å². The number of nitrogen functional groups attached to an aromatic ring is 1. The predicted molar refractivity (Wildman–Crippen MR) is 77.4 cm³/mol. The molecule has 0 saturated heterocycles.